The van der Waals surface area contributed by atoms with E-state index in [1.165, 1.54) is 12.1 Å². The summed E-state index contributed by atoms with van der Waals surface area (Å²) < 4.78 is 27.4. The van der Waals surface area contributed by atoms with Gasteiger partial charge in [0.1, 0.15) is 11.6 Å². The molecule has 1 atom stereocenters. The van der Waals surface area contributed by atoms with Crippen molar-refractivity contribution in [3.05, 3.63) is 83.0 Å². The quantitative estimate of drug-likeness (QED) is 0.675. The van der Waals surface area contributed by atoms with E-state index in [-0.39, 0.29) is 17.6 Å². The van der Waals surface area contributed by atoms with Crippen LogP contribution in [0.3, 0.4) is 0 Å². The van der Waals surface area contributed by atoms with Gasteiger partial charge in [-0.3, -0.25) is 0 Å². The zero-order valence-electron chi connectivity index (χ0n) is 9.03. The highest BCUT2D eigenvalue weighted by molar-refractivity contribution is 5.60. The summed E-state index contributed by atoms with van der Waals surface area (Å²) in [7, 11) is 0. The van der Waals surface area contributed by atoms with Gasteiger partial charge in [-0.15, -0.1) is 0 Å². The molecule has 0 spiro atoms. The van der Waals surface area contributed by atoms with Gasteiger partial charge in [0, 0.05) is 11.5 Å². The van der Waals surface area contributed by atoms with E-state index in [0.29, 0.717) is 11.1 Å². The lowest BCUT2D eigenvalue weighted by Gasteiger charge is -2.17. The highest BCUT2D eigenvalue weighted by Gasteiger charge is 2.22. The van der Waals surface area contributed by atoms with E-state index in [9.17, 15) is 8.78 Å². The second-order valence-electron chi connectivity index (χ2n) is 4.12. The number of hydrogen-bond acceptors (Lipinski definition) is 0. The van der Waals surface area contributed by atoms with Gasteiger partial charge in [0.05, 0.1) is 0 Å². The zero-order chi connectivity index (χ0) is 11.8. The molecule has 1 unspecified atom stereocenters. The van der Waals surface area contributed by atoms with Crippen LogP contribution in [-0.2, 0) is 0 Å². The Morgan fingerprint density at radius 3 is 2.65 bits per heavy atom. The smallest absolute Gasteiger partial charge is 0.127 e. The fourth-order valence-corrected chi connectivity index (χ4v) is 2.21. The summed E-state index contributed by atoms with van der Waals surface area (Å²) in [4.78, 5) is 0. The van der Waals surface area contributed by atoms with Gasteiger partial charge in [-0.2, -0.15) is 0 Å². The Kier molecular flexibility index (Phi) is 2.29. The minimum Gasteiger partial charge on any atom is -0.207 e. The lowest BCUT2D eigenvalue weighted by atomic mass is 9.89. The molecule has 0 bridgehead atoms. The van der Waals surface area contributed by atoms with E-state index < -0.39 is 0 Å². The van der Waals surface area contributed by atoms with Gasteiger partial charge in [-0.25, -0.2) is 8.78 Å². The van der Waals surface area contributed by atoms with Crippen molar-refractivity contribution in [2.75, 3.05) is 0 Å². The Bertz CT molecular complexity index is 589. The van der Waals surface area contributed by atoms with E-state index in [2.05, 4.69) is 0 Å². The molecule has 3 rings (SSSR count). The number of rotatable bonds is 1. The van der Waals surface area contributed by atoms with E-state index in [4.69, 9.17) is 0 Å². The highest BCUT2D eigenvalue weighted by atomic mass is 19.1. The first-order chi connectivity index (χ1) is 8.25. The van der Waals surface area contributed by atoms with Crippen molar-refractivity contribution in [3.63, 3.8) is 0 Å². The number of allylic oxidation sites excluding steroid dienone is 8. The first-order valence-corrected chi connectivity index (χ1v) is 5.48. The molecule has 0 radical (unpaired) electrons. The summed E-state index contributed by atoms with van der Waals surface area (Å²) in [5.74, 6) is -0.903. The largest absolute Gasteiger partial charge is 0.207 e. The Labute approximate surface area is 98.3 Å². The van der Waals surface area contributed by atoms with Crippen LogP contribution >= 0.6 is 0 Å². The van der Waals surface area contributed by atoms with E-state index in [1.807, 2.05) is 12.2 Å². The lowest BCUT2D eigenvalue weighted by molar-refractivity contribution is 0.603. The number of halogens is 2. The highest BCUT2D eigenvalue weighted by Crippen LogP contribution is 2.37. The maximum absolute atomic E-state index is 13.8. The molecule has 2 aliphatic rings. The number of fused-ring (bicyclic) bond motifs is 1. The van der Waals surface area contributed by atoms with Crippen LogP contribution in [0.1, 0.15) is 11.5 Å². The van der Waals surface area contributed by atoms with Gasteiger partial charge < -0.3 is 0 Å². The van der Waals surface area contributed by atoms with Crippen LogP contribution in [0.2, 0.25) is 0 Å². The molecule has 0 fully saturated rings. The van der Waals surface area contributed by atoms with Gasteiger partial charge in [0.25, 0.3) is 0 Å². The second-order valence-corrected chi connectivity index (χ2v) is 4.12. The maximum atomic E-state index is 13.8. The van der Waals surface area contributed by atoms with Crippen LogP contribution < -0.4 is 0 Å². The first-order valence-electron chi connectivity index (χ1n) is 5.48. The van der Waals surface area contributed by atoms with Crippen molar-refractivity contribution in [2.45, 2.75) is 5.92 Å². The Balaban J connectivity index is 2.07. The maximum Gasteiger partial charge on any atom is 0.127 e. The molecule has 0 saturated carbocycles. The minimum atomic E-state index is -0.328. The van der Waals surface area contributed by atoms with E-state index in [0.717, 1.165) is 5.57 Å². The van der Waals surface area contributed by atoms with Crippen LogP contribution in [0, 0.1) is 5.82 Å². The second kappa shape index (κ2) is 3.81. The van der Waals surface area contributed by atoms with Crippen molar-refractivity contribution in [1.82, 2.24) is 0 Å². The normalized spacial score (nSPS) is 21.8. The number of benzene rings is 1. The third-order valence-corrected chi connectivity index (χ3v) is 3.06. The van der Waals surface area contributed by atoms with Crippen molar-refractivity contribution in [3.8, 4) is 0 Å². The molecule has 0 nitrogen and oxygen atoms in total. The monoisotopic (exact) mass is 228 g/mol. The van der Waals surface area contributed by atoms with Crippen LogP contribution in [0.25, 0.3) is 0 Å². The molecule has 1 aromatic rings. The van der Waals surface area contributed by atoms with Crippen molar-refractivity contribution < 1.29 is 8.78 Å². The number of hydrogen-bond donors (Lipinski definition) is 0. The molecule has 0 amide bonds. The molecular weight excluding hydrogens is 218 g/mol. The summed E-state index contributed by atoms with van der Waals surface area (Å²) in [6.07, 6.45) is 8.72. The molecule has 0 N–H and O–H groups in total. The first kappa shape index (κ1) is 10.2. The zero-order valence-corrected chi connectivity index (χ0v) is 9.03. The average Bonchev–Trinajstić information content (AvgIpc) is 2.78. The van der Waals surface area contributed by atoms with E-state index in [1.54, 1.807) is 30.4 Å². The van der Waals surface area contributed by atoms with E-state index >= 15 is 0 Å². The molecule has 0 aliphatic heterocycles. The van der Waals surface area contributed by atoms with Gasteiger partial charge in [-0.1, -0.05) is 42.5 Å². The van der Waals surface area contributed by atoms with Crippen molar-refractivity contribution >= 4 is 0 Å². The summed E-state index contributed by atoms with van der Waals surface area (Å²) in [6.45, 7) is 0. The molecule has 84 valence electrons. The van der Waals surface area contributed by atoms with Gasteiger partial charge in [-0.05, 0) is 23.3 Å². The Hall–Kier alpha value is -1.96. The molecule has 0 heterocycles. The predicted octanol–water partition coefficient (Wildman–Crippen LogP) is 4.20. The minimum absolute atomic E-state index is 0.277. The standard InChI is InChI=1S/C15H10F2/c16-14-7-2-1-5-13(14)11-8-10-4-3-6-12(10)15(17)9-11/h1-9,11H. The van der Waals surface area contributed by atoms with Crippen molar-refractivity contribution in [1.29, 1.82) is 0 Å². The molecule has 17 heavy (non-hydrogen) atoms. The van der Waals surface area contributed by atoms with Crippen molar-refractivity contribution in [2.24, 2.45) is 0 Å². The topological polar surface area (TPSA) is 0 Å². The van der Waals surface area contributed by atoms with Gasteiger partial charge >= 0.3 is 0 Å². The summed E-state index contributed by atoms with van der Waals surface area (Å²) >= 11 is 0. The van der Waals surface area contributed by atoms with Crippen LogP contribution in [-0.4, -0.2) is 0 Å². The van der Waals surface area contributed by atoms with Gasteiger partial charge in [0.15, 0.2) is 0 Å². The summed E-state index contributed by atoms with van der Waals surface area (Å²) in [5.41, 5.74) is 1.94. The summed E-state index contributed by atoms with van der Waals surface area (Å²) in [6, 6.07) is 6.48. The van der Waals surface area contributed by atoms with Crippen LogP contribution in [0.4, 0.5) is 8.78 Å². The molecular formula is C15H10F2. The summed E-state index contributed by atoms with van der Waals surface area (Å²) in [5, 5.41) is 0. The lowest BCUT2D eigenvalue weighted by Crippen LogP contribution is -2.03. The SMILES string of the molecule is FC1=CC(c2ccccc2F)C=C2C=CC=C12. The van der Waals surface area contributed by atoms with Crippen LogP contribution in [0.15, 0.2) is 71.6 Å². The van der Waals surface area contributed by atoms with Crippen LogP contribution in [0.5, 0.6) is 0 Å². The average molecular weight is 228 g/mol. The fraction of sp³-hybridized carbons (Fsp3) is 0.0667. The molecule has 2 aliphatic carbocycles. The third-order valence-electron chi connectivity index (χ3n) is 3.06. The molecule has 2 heteroatoms. The predicted molar refractivity (Wildman–Crippen MR) is 63.6 cm³/mol. The van der Waals surface area contributed by atoms with Gasteiger partial charge in [0.2, 0.25) is 0 Å². The third kappa shape index (κ3) is 1.66. The molecule has 1 aromatic carbocycles. The molecule has 0 saturated heterocycles. The fourth-order valence-electron chi connectivity index (χ4n) is 2.21. The Morgan fingerprint density at radius 1 is 1.00 bits per heavy atom. The molecule has 0 aromatic heterocycles. The Morgan fingerprint density at radius 2 is 1.82 bits per heavy atom.